The van der Waals surface area contributed by atoms with Crippen molar-refractivity contribution in [3.05, 3.63) is 23.8 Å². The molecule has 1 N–H and O–H groups in total. The van der Waals surface area contributed by atoms with Gasteiger partial charge in [0.2, 0.25) is 12.7 Å². The van der Waals surface area contributed by atoms with Gasteiger partial charge in [0.15, 0.2) is 11.5 Å². The van der Waals surface area contributed by atoms with Gasteiger partial charge in [0, 0.05) is 7.05 Å². The van der Waals surface area contributed by atoms with E-state index in [-0.39, 0.29) is 31.2 Å². The Morgan fingerprint density at radius 1 is 1.18 bits per heavy atom. The molecule has 0 unspecified atom stereocenters. The fraction of sp³-hybridized carbons (Fsp3) is 0.550. The molecule has 2 aliphatic heterocycles. The first kappa shape index (κ1) is 18.6. The Hall–Kier alpha value is -2.77. The minimum absolute atomic E-state index is 0.188. The molecule has 1 saturated heterocycles. The third-order valence-corrected chi connectivity index (χ3v) is 6.06. The first-order valence-electron chi connectivity index (χ1n) is 9.71. The highest BCUT2D eigenvalue weighted by Gasteiger charge is 2.55. The van der Waals surface area contributed by atoms with Crippen molar-refractivity contribution in [1.82, 2.24) is 15.1 Å². The number of nitrogens with one attached hydrogen (secondary N) is 1. The molecule has 4 amide bonds. The van der Waals surface area contributed by atoms with E-state index in [1.54, 1.807) is 13.1 Å². The van der Waals surface area contributed by atoms with Gasteiger partial charge in [0.25, 0.3) is 5.91 Å². The Bertz CT molecular complexity index is 818. The number of urea groups is 1. The van der Waals surface area contributed by atoms with Gasteiger partial charge in [-0.15, -0.1) is 0 Å². The molecular weight excluding hydrogens is 362 g/mol. The highest BCUT2D eigenvalue weighted by Crippen LogP contribution is 2.39. The van der Waals surface area contributed by atoms with Crippen LogP contribution in [0.15, 0.2) is 18.2 Å². The van der Waals surface area contributed by atoms with Gasteiger partial charge in [-0.05, 0) is 37.5 Å². The Morgan fingerprint density at radius 3 is 2.64 bits per heavy atom. The number of carbonyl (C=O) groups excluding carboxylic acids is 3. The third-order valence-electron chi connectivity index (χ3n) is 6.06. The number of hydrogen-bond donors (Lipinski definition) is 1. The topological polar surface area (TPSA) is 88.2 Å². The minimum Gasteiger partial charge on any atom is -0.454 e. The number of imide groups is 1. The summed E-state index contributed by atoms with van der Waals surface area (Å²) in [4.78, 5) is 40.8. The molecule has 1 aliphatic carbocycles. The van der Waals surface area contributed by atoms with Crippen LogP contribution in [0.2, 0.25) is 0 Å². The van der Waals surface area contributed by atoms with Crippen LogP contribution in [0.1, 0.15) is 50.6 Å². The standard InChI is InChI=1S/C20H25N3O5/c1-13(14-6-7-15-16(10-14)28-12-27-15)21-17(24)11-23-18(25)20(22(2)19(23)26)8-4-3-5-9-20/h6-7,10,13H,3-5,8-9,11-12H2,1-2H3,(H,21,24)/t13-/m0/s1. The van der Waals surface area contributed by atoms with E-state index in [4.69, 9.17) is 9.47 Å². The van der Waals surface area contributed by atoms with Gasteiger partial charge in [-0.3, -0.25) is 14.5 Å². The van der Waals surface area contributed by atoms with E-state index in [2.05, 4.69) is 5.32 Å². The molecule has 2 fully saturated rings. The number of rotatable bonds is 4. The minimum atomic E-state index is -0.765. The lowest BCUT2D eigenvalue weighted by Gasteiger charge is -2.35. The average Bonchev–Trinajstić information content (AvgIpc) is 3.23. The number of amides is 4. The SMILES string of the molecule is C[C@H](NC(=O)CN1C(=O)N(C)C2(CCCCC2)C1=O)c1ccc2c(c1)OCO2. The predicted molar refractivity (Wildman–Crippen MR) is 99.8 cm³/mol. The lowest BCUT2D eigenvalue weighted by molar-refractivity contribution is -0.137. The third kappa shape index (κ3) is 2.96. The van der Waals surface area contributed by atoms with E-state index in [9.17, 15) is 14.4 Å². The van der Waals surface area contributed by atoms with Gasteiger partial charge in [0.1, 0.15) is 12.1 Å². The summed E-state index contributed by atoms with van der Waals surface area (Å²) < 4.78 is 10.7. The number of ether oxygens (including phenoxy) is 2. The summed E-state index contributed by atoms with van der Waals surface area (Å²) in [5.74, 6) is 0.708. The van der Waals surface area contributed by atoms with Crippen molar-refractivity contribution >= 4 is 17.8 Å². The molecule has 0 bridgehead atoms. The van der Waals surface area contributed by atoms with Crippen molar-refractivity contribution in [2.45, 2.75) is 50.6 Å². The molecule has 1 aromatic carbocycles. The van der Waals surface area contributed by atoms with Crippen molar-refractivity contribution in [2.75, 3.05) is 20.4 Å². The summed E-state index contributed by atoms with van der Waals surface area (Å²) in [6.07, 6.45) is 4.25. The number of hydrogen-bond acceptors (Lipinski definition) is 5. The van der Waals surface area contributed by atoms with E-state index in [1.807, 2.05) is 19.1 Å². The zero-order valence-corrected chi connectivity index (χ0v) is 16.2. The van der Waals surface area contributed by atoms with Crippen LogP contribution in [0.5, 0.6) is 11.5 Å². The molecule has 1 spiro atoms. The van der Waals surface area contributed by atoms with Crippen molar-refractivity contribution < 1.29 is 23.9 Å². The van der Waals surface area contributed by atoms with E-state index in [1.165, 1.54) is 4.90 Å². The molecular formula is C20H25N3O5. The maximum atomic E-state index is 13.0. The van der Waals surface area contributed by atoms with Gasteiger partial charge in [0.05, 0.1) is 6.04 Å². The van der Waals surface area contributed by atoms with Crippen molar-refractivity contribution in [2.24, 2.45) is 0 Å². The zero-order chi connectivity index (χ0) is 19.9. The van der Waals surface area contributed by atoms with Gasteiger partial charge >= 0.3 is 6.03 Å². The Kier molecular flexibility index (Phi) is 4.64. The molecule has 150 valence electrons. The second-order valence-corrected chi connectivity index (χ2v) is 7.73. The van der Waals surface area contributed by atoms with E-state index in [0.29, 0.717) is 24.3 Å². The second-order valence-electron chi connectivity index (χ2n) is 7.73. The Morgan fingerprint density at radius 2 is 1.89 bits per heavy atom. The van der Waals surface area contributed by atoms with Crippen molar-refractivity contribution in [3.8, 4) is 11.5 Å². The number of carbonyl (C=O) groups is 3. The quantitative estimate of drug-likeness (QED) is 0.800. The summed E-state index contributed by atoms with van der Waals surface area (Å²) in [5, 5.41) is 2.86. The van der Waals surface area contributed by atoms with Crippen LogP contribution in [0.25, 0.3) is 0 Å². The molecule has 1 saturated carbocycles. The lowest BCUT2D eigenvalue weighted by atomic mass is 9.81. The Balaban J connectivity index is 1.42. The number of fused-ring (bicyclic) bond motifs is 1. The normalized spacial score (nSPS) is 21.4. The number of likely N-dealkylation sites (N-methyl/N-ethyl adjacent to an activating group) is 1. The molecule has 0 aromatic heterocycles. The number of benzene rings is 1. The van der Waals surface area contributed by atoms with Gasteiger partial charge < -0.3 is 19.7 Å². The maximum absolute atomic E-state index is 13.0. The van der Waals surface area contributed by atoms with Crippen LogP contribution in [0, 0.1) is 0 Å². The number of nitrogens with zero attached hydrogens (tertiary/aromatic N) is 2. The van der Waals surface area contributed by atoms with Crippen LogP contribution in [-0.4, -0.2) is 53.6 Å². The largest absolute Gasteiger partial charge is 0.454 e. The predicted octanol–water partition coefficient (Wildman–Crippen LogP) is 2.19. The smallest absolute Gasteiger partial charge is 0.327 e. The summed E-state index contributed by atoms with van der Waals surface area (Å²) in [7, 11) is 1.67. The summed E-state index contributed by atoms with van der Waals surface area (Å²) in [5.41, 5.74) is 0.0935. The van der Waals surface area contributed by atoms with Crippen LogP contribution in [0.4, 0.5) is 4.79 Å². The van der Waals surface area contributed by atoms with Gasteiger partial charge in [-0.2, -0.15) is 0 Å². The van der Waals surface area contributed by atoms with Crippen LogP contribution in [0.3, 0.4) is 0 Å². The molecule has 28 heavy (non-hydrogen) atoms. The molecule has 1 aromatic rings. The van der Waals surface area contributed by atoms with Crippen LogP contribution in [-0.2, 0) is 9.59 Å². The van der Waals surface area contributed by atoms with Crippen LogP contribution < -0.4 is 14.8 Å². The van der Waals surface area contributed by atoms with Crippen molar-refractivity contribution in [3.63, 3.8) is 0 Å². The summed E-state index contributed by atoms with van der Waals surface area (Å²) in [6.45, 7) is 1.77. The highest BCUT2D eigenvalue weighted by atomic mass is 16.7. The van der Waals surface area contributed by atoms with Crippen molar-refractivity contribution in [1.29, 1.82) is 0 Å². The molecule has 3 aliphatic rings. The summed E-state index contributed by atoms with van der Waals surface area (Å²) in [6, 6.07) is 4.80. The first-order valence-corrected chi connectivity index (χ1v) is 9.71. The lowest BCUT2D eigenvalue weighted by Crippen LogP contribution is -2.49. The maximum Gasteiger partial charge on any atom is 0.327 e. The van der Waals surface area contributed by atoms with Gasteiger partial charge in [-0.1, -0.05) is 25.3 Å². The molecule has 2 heterocycles. The highest BCUT2D eigenvalue weighted by molar-refractivity contribution is 6.08. The second kappa shape index (κ2) is 7.00. The molecule has 8 heteroatoms. The average molecular weight is 387 g/mol. The molecule has 4 rings (SSSR count). The summed E-state index contributed by atoms with van der Waals surface area (Å²) >= 11 is 0. The monoisotopic (exact) mass is 387 g/mol. The fourth-order valence-electron chi connectivity index (χ4n) is 4.37. The molecule has 0 radical (unpaired) electrons. The Labute approximate surface area is 163 Å². The molecule has 8 nitrogen and oxygen atoms in total. The van der Waals surface area contributed by atoms with E-state index >= 15 is 0 Å². The van der Waals surface area contributed by atoms with Gasteiger partial charge in [-0.25, -0.2) is 4.79 Å². The molecule has 1 atom stereocenters. The zero-order valence-electron chi connectivity index (χ0n) is 16.2. The fourth-order valence-corrected chi connectivity index (χ4v) is 4.37. The van der Waals surface area contributed by atoms with Crippen LogP contribution >= 0.6 is 0 Å². The van der Waals surface area contributed by atoms with E-state index in [0.717, 1.165) is 29.7 Å². The van der Waals surface area contributed by atoms with E-state index < -0.39 is 11.6 Å². The first-order chi connectivity index (χ1) is 13.4.